The van der Waals surface area contributed by atoms with Gasteiger partial charge in [-0.3, -0.25) is 4.79 Å². The van der Waals surface area contributed by atoms with E-state index in [1.165, 1.54) is 0 Å². The minimum absolute atomic E-state index is 0.185. The summed E-state index contributed by atoms with van der Waals surface area (Å²) in [4.78, 5) is 12.0. The molecule has 0 radical (unpaired) electrons. The topological polar surface area (TPSA) is 73.6 Å². The molecule has 0 aliphatic rings. The van der Waals surface area contributed by atoms with Gasteiger partial charge in [0.25, 0.3) is 5.91 Å². The Morgan fingerprint density at radius 1 is 1.36 bits per heavy atom. The molecule has 1 aromatic heterocycles. The minimum Gasteiger partial charge on any atom is -0.489 e. The number of nitrogens with zero attached hydrogens (tertiary/aromatic N) is 1. The average molecular weight is 325 g/mol. The van der Waals surface area contributed by atoms with Gasteiger partial charge in [-0.05, 0) is 31.2 Å². The standard InChI is InChI=1S/C15H17ClN2O4/c1-10-13(9-21-12-5-3-11(16)4-6-12)14(18-22-10)15(19)17-7-8-20-2/h3-6H,7-9H2,1-2H3,(H,17,19). The third-order valence-corrected chi connectivity index (χ3v) is 3.24. The van der Waals surface area contributed by atoms with E-state index >= 15 is 0 Å². The van der Waals surface area contributed by atoms with Crippen LogP contribution >= 0.6 is 11.6 Å². The fourth-order valence-corrected chi connectivity index (χ4v) is 1.90. The molecular weight excluding hydrogens is 308 g/mol. The first kappa shape index (κ1) is 16.3. The van der Waals surface area contributed by atoms with Crippen molar-refractivity contribution in [3.8, 4) is 5.75 Å². The van der Waals surface area contributed by atoms with Crippen molar-refractivity contribution in [2.45, 2.75) is 13.5 Å². The van der Waals surface area contributed by atoms with Gasteiger partial charge in [0.2, 0.25) is 0 Å². The minimum atomic E-state index is -0.316. The molecule has 1 heterocycles. The van der Waals surface area contributed by atoms with E-state index in [0.717, 1.165) is 0 Å². The number of carbonyl (C=O) groups excluding carboxylic acids is 1. The molecule has 2 rings (SSSR count). The maximum atomic E-state index is 12.0. The zero-order valence-corrected chi connectivity index (χ0v) is 13.1. The van der Waals surface area contributed by atoms with Crippen molar-refractivity contribution in [3.63, 3.8) is 0 Å². The Hall–Kier alpha value is -2.05. The van der Waals surface area contributed by atoms with E-state index in [1.54, 1.807) is 38.3 Å². The van der Waals surface area contributed by atoms with Crippen LogP contribution in [0.25, 0.3) is 0 Å². The number of amides is 1. The third kappa shape index (κ3) is 4.22. The highest BCUT2D eigenvalue weighted by atomic mass is 35.5. The Kier molecular flexibility index (Phi) is 5.80. The Morgan fingerprint density at radius 2 is 2.09 bits per heavy atom. The van der Waals surface area contributed by atoms with Crippen molar-refractivity contribution in [1.82, 2.24) is 10.5 Å². The number of methoxy groups -OCH3 is 1. The smallest absolute Gasteiger partial charge is 0.273 e. The number of aryl methyl sites for hydroxylation is 1. The lowest BCUT2D eigenvalue weighted by atomic mass is 10.2. The first-order valence-electron chi connectivity index (χ1n) is 6.72. The van der Waals surface area contributed by atoms with E-state index in [1.807, 2.05) is 0 Å². The number of halogens is 1. The van der Waals surface area contributed by atoms with Gasteiger partial charge < -0.3 is 19.3 Å². The first-order chi connectivity index (χ1) is 10.6. The number of benzene rings is 1. The van der Waals surface area contributed by atoms with Gasteiger partial charge in [0.15, 0.2) is 5.69 Å². The van der Waals surface area contributed by atoms with Crippen molar-refractivity contribution < 1.29 is 18.8 Å². The Labute approximate surface area is 133 Å². The summed E-state index contributed by atoms with van der Waals surface area (Å²) in [7, 11) is 1.57. The fourth-order valence-electron chi connectivity index (χ4n) is 1.78. The molecule has 1 amide bonds. The monoisotopic (exact) mass is 324 g/mol. The molecule has 0 saturated heterocycles. The number of rotatable bonds is 7. The quantitative estimate of drug-likeness (QED) is 0.792. The summed E-state index contributed by atoms with van der Waals surface area (Å²) in [5.41, 5.74) is 0.840. The number of hydrogen-bond donors (Lipinski definition) is 1. The molecule has 118 valence electrons. The van der Waals surface area contributed by atoms with Gasteiger partial charge in [-0.15, -0.1) is 0 Å². The maximum absolute atomic E-state index is 12.0. The van der Waals surface area contributed by atoms with Gasteiger partial charge in [-0.2, -0.15) is 0 Å². The zero-order chi connectivity index (χ0) is 15.9. The predicted molar refractivity (Wildman–Crippen MR) is 81.2 cm³/mol. The highest BCUT2D eigenvalue weighted by molar-refractivity contribution is 6.30. The van der Waals surface area contributed by atoms with E-state index < -0.39 is 0 Å². The normalized spacial score (nSPS) is 10.5. The van der Waals surface area contributed by atoms with Crippen molar-refractivity contribution in [3.05, 3.63) is 46.3 Å². The van der Waals surface area contributed by atoms with Gasteiger partial charge >= 0.3 is 0 Å². The second kappa shape index (κ2) is 7.82. The molecule has 7 heteroatoms. The Bertz CT molecular complexity index is 625. The summed E-state index contributed by atoms with van der Waals surface area (Å²) < 4.78 is 15.6. The largest absolute Gasteiger partial charge is 0.489 e. The second-order valence-corrected chi connectivity index (χ2v) is 4.99. The summed E-state index contributed by atoms with van der Waals surface area (Å²) in [6.07, 6.45) is 0. The van der Waals surface area contributed by atoms with Crippen LogP contribution in [0.3, 0.4) is 0 Å². The van der Waals surface area contributed by atoms with E-state index in [9.17, 15) is 4.79 Å². The number of nitrogens with one attached hydrogen (secondary N) is 1. The van der Waals surface area contributed by atoms with Gasteiger partial charge in [0.1, 0.15) is 18.1 Å². The first-order valence-corrected chi connectivity index (χ1v) is 7.10. The van der Waals surface area contributed by atoms with Gasteiger partial charge in [0.05, 0.1) is 12.2 Å². The van der Waals surface area contributed by atoms with Gasteiger partial charge in [-0.1, -0.05) is 16.8 Å². The van der Waals surface area contributed by atoms with Crippen molar-refractivity contribution in [1.29, 1.82) is 0 Å². The number of ether oxygens (including phenoxy) is 2. The molecule has 0 saturated carbocycles. The molecule has 0 unspecified atom stereocenters. The molecular formula is C15H17ClN2O4. The van der Waals surface area contributed by atoms with Crippen LogP contribution in [0, 0.1) is 6.92 Å². The summed E-state index contributed by atoms with van der Waals surface area (Å²) in [5.74, 6) is 0.880. The molecule has 1 N–H and O–H groups in total. The van der Waals surface area contributed by atoms with Crippen LogP contribution in [0.4, 0.5) is 0 Å². The predicted octanol–water partition coefficient (Wildman–Crippen LogP) is 2.59. The Morgan fingerprint density at radius 3 is 2.77 bits per heavy atom. The van der Waals surface area contributed by atoms with E-state index in [2.05, 4.69) is 10.5 Å². The summed E-state index contributed by atoms with van der Waals surface area (Å²) in [5, 5.41) is 7.12. The lowest BCUT2D eigenvalue weighted by molar-refractivity contribution is 0.0926. The molecule has 6 nitrogen and oxygen atoms in total. The van der Waals surface area contributed by atoms with Gasteiger partial charge in [-0.25, -0.2) is 0 Å². The molecule has 0 bridgehead atoms. The zero-order valence-electron chi connectivity index (χ0n) is 12.4. The van der Waals surface area contributed by atoms with E-state index in [0.29, 0.717) is 35.2 Å². The lowest BCUT2D eigenvalue weighted by Gasteiger charge is -2.07. The van der Waals surface area contributed by atoms with Gasteiger partial charge in [0, 0.05) is 18.7 Å². The second-order valence-electron chi connectivity index (χ2n) is 4.56. The number of aromatic nitrogens is 1. The van der Waals surface area contributed by atoms with Crippen LogP contribution in [0.5, 0.6) is 5.75 Å². The molecule has 22 heavy (non-hydrogen) atoms. The maximum Gasteiger partial charge on any atom is 0.273 e. The SMILES string of the molecule is COCCNC(=O)c1noc(C)c1COc1ccc(Cl)cc1. The summed E-state index contributed by atoms with van der Waals surface area (Å²) in [6.45, 7) is 2.75. The van der Waals surface area contributed by atoms with Crippen molar-refractivity contribution in [2.75, 3.05) is 20.3 Å². The average Bonchev–Trinajstić information content (AvgIpc) is 2.88. The van der Waals surface area contributed by atoms with Crippen LogP contribution in [-0.2, 0) is 11.3 Å². The molecule has 0 fully saturated rings. The molecule has 0 spiro atoms. The Balaban J connectivity index is 2.02. The number of carbonyl (C=O) groups is 1. The molecule has 0 aliphatic heterocycles. The molecule has 0 aliphatic carbocycles. The highest BCUT2D eigenvalue weighted by Gasteiger charge is 2.20. The van der Waals surface area contributed by atoms with Crippen molar-refractivity contribution >= 4 is 17.5 Å². The van der Waals surface area contributed by atoms with Crippen LogP contribution in [0.1, 0.15) is 21.8 Å². The summed E-state index contributed by atoms with van der Waals surface area (Å²) >= 11 is 5.82. The van der Waals surface area contributed by atoms with Crippen LogP contribution in [0.15, 0.2) is 28.8 Å². The lowest BCUT2D eigenvalue weighted by Crippen LogP contribution is -2.28. The van der Waals surface area contributed by atoms with Crippen LogP contribution < -0.4 is 10.1 Å². The highest BCUT2D eigenvalue weighted by Crippen LogP contribution is 2.19. The molecule has 1 aromatic carbocycles. The van der Waals surface area contributed by atoms with Crippen molar-refractivity contribution in [2.24, 2.45) is 0 Å². The summed E-state index contributed by atoms with van der Waals surface area (Å²) in [6, 6.07) is 6.97. The van der Waals surface area contributed by atoms with E-state index in [-0.39, 0.29) is 18.2 Å². The fraction of sp³-hybridized carbons (Fsp3) is 0.333. The van der Waals surface area contributed by atoms with Crippen LogP contribution in [0.2, 0.25) is 5.02 Å². The van der Waals surface area contributed by atoms with Crippen LogP contribution in [-0.4, -0.2) is 31.3 Å². The third-order valence-electron chi connectivity index (χ3n) is 2.99. The molecule has 0 atom stereocenters. The van der Waals surface area contributed by atoms with E-state index in [4.69, 9.17) is 25.6 Å². The number of hydrogen-bond acceptors (Lipinski definition) is 5. The molecule has 2 aromatic rings.